The second kappa shape index (κ2) is 6.70. The first-order chi connectivity index (χ1) is 13.2. The van der Waals surface area contributed by atoms with Crippen LogP contribution in [0.4, 0.5) is 0 Å². The van der Waals surface area contributed by atoms with Crippen LogP contribution in [0.3, 0.4) is 0 Å². The molecule has 0 spiro atoms. The quantitative estimate of drug-likeness (QED) is 0.465. The van der Waals surface area contributed by atoms with Crippen LogP contribution < -0.4 is 4.74 Å². The summed E-state index contributed by atoms with van der Waals surface area (Å²) in [5, 5.41) is 7.79. The number of benzene rings is 3. The zero-order valence-electron chi connectivity index (χ0n) is 14.3. The van der Waals surface area contributed by atoms with Crippen molar-refractivity contribution in [1.82, 2.24) is 5.01 Å². The molecule has 0 radical (unpaired) electrons. The van der Waals surface area contributed by atoms with Gasteiger partial charge in [0, 0.05) is 27.0 Å². The lowest BCUT2D eigenvalue weighted by Gasteiger charge is -2.38. The summed E-state index contributed by atoms with van der Waals surface area (Å²) in [6, 6.07) is 24.5. The van der Waals surface area contributed by atoms with Gasteiger partial charge in [0.25, 0.3) is 0 Å². The molecule has 3 aromatic carbocycles. The minimum atomic E-state index is -0.241. The van der Waals surface area contributed by atoms with Gasteiger partial charge in [-0.3, -0.25) is 0 Å². The Bertz CT molecular complexity index is 1020. The molecule has 0 unspecified atom stereocenters. The van der Waals surface area contributed by atoms with Crippen molar-refractivity contribution in [2.24, 2.45) is 5.10 Å². The van der Waals surface area contributed by atoms with Crippen molar-refractivity contribution in [2.45, 2.75) is 18.7 Å². The first kappa shape index (κ1) is 16.8. The van der Waals surface area contributed by atoms with Gasteiger partial charge in [0.05, 0.1) is 11.8 Å². The first-order valence-electron chi connectivity index (χ1n) is 8.82. The zero-order chi connectivity index (χ0) is 18.4. The van der Waals surface area contributed by atoms with E-state index in [2.05, 4.69) is 39.1 Å². The van der Waals surface area contributed by atoms with Crippen molar-refractivity contribution in [1.29, 1.82) is 0 Å². The summed E-state index contributed by atoms with van der Waals surface area (Å²) in [4.78, 5) is 0. The molecule has 0 aromatic heterocycles. The predicted octanol–water partition coefficient (Wildman–Crippen LogP) is 6.34. The molecule has 0 N–H and O–H groups in total. The third-order valence-electron chi connectivity index (χ3n) is 5.01. The van der Waals surface area contributed by atoms with Crippen molar-refractivity contribution in [3.05, 3.63) is 99.0 Å². The monoisotopic (exact) mass is 438 g/mol. The van der Waals surface area contributed by atoms with E-state index in [0.29, 0.717) is 0 Å². The SMILES string of the molecule is Clc1ccc(C2=NN3[C@@H](C2)c2cc(Br)ccc2O[C@H]3c2ccccc2)cc1. The molecule has 2 aliphatic heterocycles. The molecule has 2 atom stereocenters. The van der Waals surface area contributed by atoms with E-state index in [1.165, 1.54) is 0 Å². The molecule has 0 bridgehead atoms. The van der Waals surface area contributed by atoms with Crippen LogP contribution in [0.25, 0.3) is 0 Å². The zero-order valence-corrected chi connectivity index (χ0v) is 16.7. The summed E-state index contributed by atoms with van der Waals surface area (Å²) in [5.41, 5.74) is 4.40. The molecule has 5 rings (SSSR count). The molecular formula is C22H16BrClN2O. The molecule has 0 fully saturated rings. The molecule has 0 amide bonds. The minimum Gasteiger partial charge on any atom is -0.464 e. The summed E-state index contributed by atoms with van der Waals surface area (Å²) in [5.74, 6) is 0.917. The molecule has 3 nitrogen and oxygen atoms in total. The summed E-state index contributed by atoms with van der Waals surface area (Å²) >= 11 is 9.64. The van der Waals surface area contributed by atoms with E-state index in [1.807, 2.05) is 54.6 Å². The summed E-state index contributed by atoms with van der Waals surface area (Å²) < 4.78 is 7.41. The second-order valence-corrected chi connectivity index (χ2v) is 8.07. The number of ether oxygens (including phenoxy) is 1. The predicted molar refractivity (Wildman–Crippen MR) is 111 cm³/mol. The summed E-state index contributed by atoms with van der Waals surface area (Å²) in [6.45, 7) is 0. The number of hydrogen-bond acceptors (Lipinski definition) is 3. The maximum absolute atomic E-state index is 6.37. The van der Waals surface area contributed by atoms with Crippen molar-refractivity contribution in [3.8, 4) is 5.75 Å². The van der Waals surface area contributed by atoms with E-state index in [0.717, 1.165) is 44.1 Å². The Hall–Kier alpha value is -2.30. The van der Waals surface area contributed by atoms with E-state index in [4.69, 9.17) is 21.4 Å². The van der Waals surface area contributed by atoms with Crippen LogP contribution in [0.2, 0.25) is 5.02 Å². The molecule has 3 aromatic rings. The van der Waals surface area contributed by atoms with Crippen molar-refractivity contribution < 1.29 is 4.74 Å². The Balaban J connectivity index is 1.60. The maximum Gasteiger partial charge on any atom is 0.213 e. The van der Waals surface area contributed by atoms with Crippen LogP contribution in [0.5, 0.6) is 5.75 Å². The van der Waals surface area contributed by atoms with Gasteiger partial charge >= 0.3 is 0 Å². The number of fused-ring (bicyclic) bond motifs is 3. The van der Waals surface area contributed by atoms with Gasteiger partial charge in [0.2, 0.25) is 6.23 Å². The fraction of sp³-hybridized carbons (Fsp3) is 0.136. The number of rotatable bonds is 2. The van der Waals surface area contributed by atoms with Crippen LogP contribution in [-0.2, 0) is 0 Å². The van der Waals surface area contributed by atoms with Crippen LogP contribution in [0.1, 0.15) is 35.4 Å². The van der Waals surface area contributed by atoms with Gasteiger partial charge in [-0.15, -0.1) is 0 Å². The average Bonchev–Trinajstić information content (AvgIpc) is 3.14. The summed E-state index contributed by atoms with van der Waals surface area (Å²) in [6.07, 6.45) is 0.590. The fourth-order valence-electron chi connectivity index (χ4n) is 3.71. The van der Waals surface area contributed by atoms with Crippen LogP contribution in [0.15, 0.2) is 82.4 Å². The van der Waals surface area contributed by atoms with Gasteiger partial charge < -0.3 is 4.74 Å². The van der Waals surface area contributed by atoms with Crippen molar-refractivity contribution in [3.63, 3.8) is 0 Å². The van der Waals surface area contributed by atoms with Gasteiger partial charge in [0.1, 0.15) is 5.75 Å². The van der Waals surface area contributed by atoms with Gasteiger partial charge in [-0.1, -0.05) is 70.0 Å². The Morgan fingerprint density at radius 2 is 1.78 bits per heavy atom. The highest BCUT2D eigenvalue weighted by Crippen LogP contribution is 2.48. The van der Waals surface area contributed by atoms with E-state index >= 15 is 0 Å². The molecule has 0 saturated heterocycles. The highest BCUT2D eigenvalue weighted by Gasteiger charge is 2.40. The van der Waals surface area contributed by atoms with Crippen LogP contribution >= 0.6 is 27.5 Å². The standard InChI is InChI=1S/C22H16BrClN2O/c23-16-8-11-21-18(12-16)20-13-19(14-6-9-17(24)10-7-14)25-26(20)22(27-21)15-4-2-1-3-5-15/h1-12,20,22H,13H2/t20-,22-/m0/s1. The fourth-order valence-corrected chi connectivity index (χ4v) is 4.22. The van der Waals surface area contributed by atoms with Gasteiger partial charge in [-0.2, -0.15) is 5.10 Å². The smallest absolute Gasteiger partial charge is 0.213 e. The molecule has 0 aliphatic carbocycles. The largest absolute Gasteiger partial charge is 0.464 e. The highest BCUT2D eigenvalue weighted by atomic mass is 79.9. The van der Waals surface area contributed by atoms with Gasteiger partial charge in [0.15, 0.2) is 0 Å². The van der Waals surface area contributed by atoms with Gasteiger partial charge in [-0.05, 0) is 35.9 Å². The topological polar surface area (TPSA) is 24.8 Å². The van der Waals surface area contributed by atoms with Crippen LogP contribution in [0, 0.1) is 0 Å². The van der Waals surface area contributed by atoms with E-state index in [9.17, 15) is 0 Å². The number of hydrazone groups is 1. The Morgan fingerprint density at radius 1 is 1.00 bits per heavy atom. The molecule has 5 heteroatoms. The Kier molecular flexibility index (Phi) is 4.18. The second-order valence-electron chi connectivity index (χ2n) is 6.72. The lowest BCUT2D eigenvalue weighted by atomic mass is 9.96. The van der Waals surface area contributed by atoms with Crippen LogP contribution in [-0.4, -0.2) is 10.7 Å². The molecule has 2 heterocycles. The van der Waals surface area contributed by atoms with E-state index in [1.54, 1.807) is 0 Å². The van der Waals surface area contributed by atoms with Crippen molar-refractivity contribution in [2.75, 3.05) is 0 Å². The molecule has 27 heavy (non-hydrogen) atoms. The minimum absolute atomic E-state index is 0.141. The average molecular weight is 440 g/mol. The van der Waals surface area contributed by atoms with Crippen molar-refractivity contribution >= 4 is 33.2 Å². The molecule has 2 aliphatic rings. The van der Waals surface area contributed by atoms with Gasteiger partial charge in [-0.25, -0.2) is 5.01 Å². The number of halogens is 2. The molecule has 134 valence electrons. The summed E-state index contributed by atoms with van der Waals surface area (Å²) in [7, 11) is 0. The lowest BCUT2D eigenvalue weighted by Crippen LogP contribution is -2.33. The third-order valence-corrected chi connectivity index (χ3v) is 5.76. The Morgan fingerprint density at radius 3 is 2.56 bits per heavy atom. The Labute approximate surface area is 171 Å². The highest BCUT2D eigenvalue weighted by molar-refractivity contribution is 9.10. The molecular weight excluding hydrogens is 424 g/mol. The molecule has 0 saturated carbocycles. The normalized spacial score (nSPS) is 20.5. The van der Waals surface area contributed by atoms with E-state index < -0.39 is 0 Å². The number of nitrogens with zero attached hydrogens (tertiary/aromatic N) is 2. The maximum atomic E-state index is 6.37. The number of hydrogen-bond donors (Lipinski definition) is 0. The lowest BCUT2D eigenvalue weighted by molar-refractivity contribution is -0.0190. The van der Waals surface area contributed by atoms with E-state index in [-0.39, 0.29) is 12.3 Å². The third kappa shape index (κ3) is 3.03. The first-order valence-corrected chi connectivity index (χ1v) is 9.99.